The lowest BCUT2D eigenvalue weighted by atomic mass is 9.84. The fourth-order valence-corrected chi connectivity index (χ4v) is 2.82. The van der Waals surface area contributed by atoms with Crippen LogP contribution in [0, 0.1) is 5.92 Å². The van der Waals surface area contributed by atoms with E-state index < -0.39 is 0 Å². The Morgan fingerprint density at radius 3 is 2.39 bits per heavy atom. The molecule has 0 N–H and O–H groups in total. The quantitative estimate of drug-likeness (QED) is 0.680. The summed E-state index contributed by atoms with van der Waals surface area (Å²) < 4.78 is 0. The molecular weight excluding hydrogens is 220 g/mol. The third kappa shape index (κ3) is 3.44. The zero-order chi connectivity index (χ0) is 12.8. The van der Waals surface area contributed by atoms with Crippen LogP contribution in [-0.2, 0) is 6.42 Å². The van der Waals surface area contributed by atoms with Crippen LogP contribution in [0.1, 0.15) is 67.8 Å². The van der Waals surface area contributed by atoms with Gasteiger partial charge in [0.1, 0.15) is 0 Å². The monoisotopic (exact) mass is 244 g/mol. The SMILES string of the molecule is CCCCc1ccc(C(=O)C2CCCCC2)cc1. The lowest BCUT2D eigenvalue weighted by molar-refractivity contribution is 0.0889. The van der Waals surface area contributed by atoms with Gasteiger partial charge in [0.25, 0.3) is 0 Å². The highest BCUT2D eigenvalue weighted by Gasteiger charge is 2.21. The summed E-state index contributed by atoms with van der Waals surface area (Å²) >= 11 is 0. The average Bonchev–Trinajstić information content (AvgIpc) is 2.46. The lowest BCUT2D eigenvalue weighted by Crippen LogP contribution is -2.17. The zero-order valence-corrected chi connectivity index (χ0v) is 11.5. The van der Waals surface area contributed by atoms with Crippen molar-refractivity contribution in [2.75, 3.05) is 0 Å². The number of carbonyl (C=O) groups is 1. The molecule has 0 saturated heterocycles. The molecule has 0 aliphatic heterocycles. The summed E-state index contributed by atoms with van der Waals surface area (Å²) in [5.41, 5.74) is 2.28. The molecule has 0 amide bonds. The maximum atomic E-state index is 12.3. The van der Waals surface area contributed by atoms with Gasteiger partial charge in [-0.15, -0.1) is 0 Å². The molecule has 0 unspecified atom stereocenters. The molecule has 1 saturated carbocycles. The summed E-state index contributed by atoms with van der Waals surface area (Å²) in [7, 11) is 0. The van der Waals surface area contributed by atoms with E-state index in [9.17, 15) is 4.79 Å². The minimum atomic E-state index is 0.292. The Morgan fingerprint density at radius 2 is 1.78 bits per heavy atom. The normalized spacial score (nSPS) is 16.7. The van der Waals surface area contributed by atoms with E-state index in [0.29, 0.717) is 11.7 Å². The van der Waals surface area contributed by atoms with Gasteiger partial charge in [-0.25, -0.2) is 0 Å². The van der Waals surface area contributed by atoms with Crippen molar-refractivity contribution in [2.24, 2.45) is 5.92 Å². The van der Waals surface area contributed by atoms with Gasteiger partial charge in [0.2, 0.25) is 0 Å². The molecule has 2 rings (SSSR count). The van der Waals surface area contributed by atoms with Crippen molar-refractivity contribution in [1.82, 2.24) is 0 Å². The first-order valence-corrected chi connectivity index (χ1v) is 7.44. The molecule has 1 fully saturated rings. The first-order valence-electron chi connectivity index (χ1n) is 7.44. The van der Waals surface area contributed by atoms with E-state index in [1.54, 1.807) is 0 Å². The van der Waals surface area contributed by atoms with Crippen molar-refractivity contribution in [3.8, 4) is 0 Å². The molecule has 0 aromatic heterocycles. The maximum absolute atomic E-state index is 12.3. The van der Waals surface area contributed by atoms with Crippen molar-refractivity contribution in [3.05, 3.63) is 35.4 Å². The van der Waals surface area contributed by atoms with Crippen LogP contribution >= 0.6 is 0 Å². The highest BCUT2D eigenvalue weighted by atomic mass is 16.1. The van der Waals surface area contributed by atoms with Crippen LogP contribution in [0.15, 0.2) is 24.3 Å². The van der Waals surface area contributed by atoms with E-state index in [1.807, 2.05) is 12.1 Å². The van der Waals surface area contributed by atoms with E-state index in [-0.39, 0.29) is 0 Å². The molecule has 0 heterocycles. The summed E-state index contributed by atoms with van der Waals surface area (Å²) in [6.07, 6.45) is 9.54. The second-order valence-electron chi connectivity index (χ2n) is 5.50. The summed E-state index contributed by atoms with van der Waals surface area (Å²) in [4.78, 5) is 12.3. The van der Waals surface area contributed by atoms with Gasteiger partial charge in [-0.1, -0.05) is 56.9 Å². The van der Waals surface area contributed by atoms with Gasteiger partial charge >= 0.3 is 0 Å². The number of Topliss-reactive ketones (excluding diaryl/α,β-unsaturated/α-hetero) is 1. The smallest absolute Gasteiger partial charge is 0.165 e. The summed E-state index contributed by atoms with van der Waals surface area (Å²) in [6.45, 7) is 2.21. The van der Waals surface area contributed by atoms with Gasteiger partial charge in [0.15, 0.2) is 5.78 Å². The van der Waals surface area contributed by atoms with Crippen LogP contribution in [0.4, 0.5) is 0 Å². The number of benzene rings is 1. The van der Waals surface area contributed by atoms with Gasteiger partial charge in [-0.2, -0.15) is 0 Å². The van der Waals surface area contributed by atoms with E-state index in [2.05, 4.69) is 19.1 Å². The van der Waals surface area contributed by atoms with Crippen LogP contribution in [0.2, 0.25) is 0 Å². The molecule has 1 aliphatic carbocycles. The number of hydrogen-bond acceptors (Lipinski definition) is 1. The predicted octanol–water partition coefficient (Wildman–Crippen LogP) is 4.79. The minimum Gasteiger partial charge on any atom is -0.294 e. The number of ketones is 1. The lowest BCUT2D eigenvalue weighted by Gasteiger charge is -2.20. The second kappa shape index (κ2) is 6.72. The summed E-state index contributed by atoms with van der Waals surface area (Å²) in [6, 6.07) is 8.32. The Bertz CT molecular complexity index is 371. The van der Waals surface area contributed by atoms with Crippen molar-refractivity contribution < 1.29 is 4.79 Å². The van der Waals surface area contributed by atoms with Gasteiger partial charge in [0.05, 0.1) is 0 Å². The van der Waals surface area contributed by atoms with Crippen LogP contribution in [0.3, 0.4) is 0 Å². The predicted molar refractivity (Wildman–Crippen MR) is 76.0 cm³/mol. The molecule has 1 aliphatic rings. The Balaban J connectivity index is 1.97. The molecule has 18 heavy (non-hydrogen) atoms. The zero-order valence-electron chi connectivity index (χ0n) is 11.5. The van der Waals surface area contributed by atoms with Gasteiger partial charge in [0, 0.05) is 11.5 Å². The summed E-state index contributed by atoms with van der Waals surface area (Å²) in [5, 5.41) is 0. The van der Waals surface area contributed by atoms with E-state index >= 15 is 0 Å². The Hall–Kier alpha value is -1.11. The highest BCUT2D eigenvalue weighted by Crippen LogP contribution is 2.27. The largest absolute Gasteiger partial charge is 0.294 e. The number of carbonyl (C=O) groups excluding carboxylic acids is 1. The van der Waals surface area contributed by atoms with Crippen molar-refractivity contribution in [1.29, 1.82) is 0 Å². The van der Waals surface area contributed by atoms with Crippen LogP contribution in [0.5, 0.6) is 0 Å². The Morgan fingerprint density at radius 1 is 1.11 bits per heavy atom. The number of unbranched alkanes of at least 4 members (excludes halogenated alkanes) is 1. The summed E-state index contributed by atoms with van der Waals surface area (Å²) in [5.74, 6) is 0.664. The van der Waals surface area contributed by atoms with Gasteiger partial charge in [-0.05, 0) is 31.2 Å². The second-order valence-corrected chi connectivity index (χ2v) is 5.50. The number of aryl methyl sites for hydroxylation is 1. The highest BCUT2D eigenvalue weighted by molar-refractivity contribution is 5.97. The molecule has 0 radical (unpaired) electrons. The first-order chi connectivity index (χ1) is 8.81. The topological polar surface area (TPSA) is 17.1 Å². The van der Waals surface area contributed by atoms with Gasteiger partial charge in [-0.3, -0.25) is 4.79 Å². The molecule has 0 spiro atoms. The molecule has 0 atom stereocenters. The molecule has 0 bridgehead atoms. The third-order valence-corrected chi connectivity index (χ3v) is 4.03. The fraction of sp³-hybridized carbons (Fsp3) is 0.588. The average molecular weight is 244 g/mol. The van der Waals surface area contributed by atoms with Crippen LogP contribution < -0.4 is 0 Å². The molecule has 1 aromatic carbocycles. The Kier molecular flexibility index (Phi) is 4.98. The van der Waals surface area contributed by atoms with E-state index in [4.69, 9.17) is 0 Å². The Labute approximate surface area is 111 Å². The fourth-order valence-electron chi connectivity index (χ4n) is 2.82. The molecule has 1 aromatic rings. The first kappa shape index (κ1) is 13.3. The molecular formula is C17H24O. The van der Waals surface area contributed by atoms with Crippen LogP contribution in [-0.4, -0.2) is 5.78 Å². The maximum Gasteiger partial charge on any atom is 0.165 e. The standard InChI is InChI=1S/C17H24O/c1-2-3-7-14-10-12-16(13-11-14)17(18)15-8-5-4-6-9-15/h10-13,15H,2-9H2,1H3. The van der Waals surface area contributed by atoms with Crippen molar-refractivity contribution >= 4 is 5.78 Å². The molecule has 98 valence electrons. The third-order valence-electron chi connectivity index (χ3n) is 4.03. The molecule has 1 heteroatoms. The molecule has 1 nitrogen and oxygen atoms in total. The minimum absolute atomic E-state index is 0.292. The van der Waals surface area contributed by atoms with Crippen molar-refractivity contribution in [3.63, 3.8) is 0 Å². The van der Waals surface area contributed by atoms with E-state index in [1.165, 1.54) is 37.7 Å². The van der Waals surface area contributed by atoms with Gasteiger partial charge < -0.3 is 0 Å². The van der Waals surface area contributed by atoms with Crippen LogP contribution in [0.25, 0.3) is 0 Å². The number of rotatable bonds is 5. The van der Waals surface area contributed by atoms with E-state index in [0.717, 1.165) is 24.8 Å². The van der Waals surface area contributed by atoms with Crippen molar-refractivity contribution in [2.45, 2.75) is 58.3 Å². The number of hydrogen-bond donors (Lipinski definition) is 0.